The first kappa shape index (κ1) is 13.7. The summed E-state index contributed by atoms with van der Waals surface area (Å²) in [6.45, 7) is 3.68. The van der Waals surface area contributed by atoms with Crippen LogP contribution < -0.4 is 5.32 Å². The van der Waals surface area contributed by atoms with Crippen LogP contribution in [0.5, 0.6) is 0 Å². The molecule has 0 saturated carbocycles. The molecule has 2 aromatic rings. The number of benzene rings is 1. The number of nitrogens with zero attached hydrogens (tertiary/aromatic N) is 2. The molecule has 0 saturated heterocycles. The predicted molar refractivity (Wildman–Crippen MR) is 77.1 cm³/mol. The van der Waals surface area contributed by atoms with Gasteiger partial charge < -0.3 is 10.4 Å². The third-order valence-corrected chi connectivity index (χ3v) is 3.68. The molecule has 0 radical (unpaired) electrons. The van der Waals surface area contributed by atoms with Crippen molar-refractivity contribution in [3.8, 4) is 0 Å². The topological polar surface area (TPSA) is 75.1 Å². The zero-order valence-corrected chi connectivity index (χ0v) is 12.2. The van der Waals surface area contributed by atoms with Crippen molar-refractivity contribution < 1.29 is 9.90 Å². The van der Waals surface area contributed by atoms with E-state index >= 15 is 0 Å². The lowest BCUT2D eigenvalue weighted by Gasteiger charge is -2.21. The zero-order chi connectivity index (χ0) is 14.0. The summed E-state index contributed by atoms with van der Waals surface area (Å²) in [5.74, 6) is -0.836. The molecule has 0 aliphatic rings. The molecule has 1 aromatic carbocycles. The number of fused-ring (bicyclic) bond motifs is 1. The number of carbonyl (C=O) groups is 1. The second kappa shape index (κ2) is 5.13. The van der Waals surface area contributed by atoms with Crippen molar-refractivity contribution in [2.45, 2.75) is 13.8 Å². The molecule has 1 aromatic heterocycles. The molecular formula is C13H14BrN3O2. The van der Waals surface area contributed by atoms with E-state index in [0.717, 1.165) is 21.2 Å². The second-order valence-electron chi connectivity index (χ2n) is 4.89. The van der Waals surface area contributed by atoms with E-state index in [1.165, 1.54) is 0 Å². The second-order valence-corrected chi connectivity index (χ2v) is 5.69. The highest BCUT2D eigenvalue weighted by molar-refractivity contribution is 9.10. The molecule has 2 rings (SSSR count). The minimum Gasteiger partial charge on any atom is -0.481 e. The van der Waals surface area contributed by atoms with Crippen molar-refractivity contribution >= 4 is 38.6 Å². The van der Waals surface area contributed by atoms with Crippen LogP contribution >= 0.6 is 15.9 Å². The van der Waals surface area contributed by atoms with Gasteiger partial charge in [0.1, 0.15) is 5.52 Å². The molecule has 0 amide bonds. The van der Waals surface area contributed by atoms with E-state index in [0.29, 0.717) is 6.54 Å². The van der Waals surface area contributed by atoms with Crippen LogP contribution in [0.15, 0.2) is 29.0 Å². The molecule has 2 N–H and O–H groups in total. The highest BCUT2D eigenvalue weighted by Gasteiger charge is 2.27. The molecular weight excluding hydrogens is 310 g/mol. The summed E-state index contributed by atoms with van der Waals surface area (Å²) in [5.41, 5.74) is 1.51. The summed E-state index contributed by atoms with van der Waals surface area (Å²) in [6, 6.07) is 3.71. The van der Waals surface area contributed by atoms with Crippen LogP contribution in [0.1, 0.15) is 13.8 Å². The number of aromatic nitrogens is 2. The van der Waals surface area contributed by atoms with Crippen LogP contribution in [-0.4, -0.2) is 27.6 Å². The Bertz CT molecular complexity index is 628. The Morgan fingerprint density at radius 3 is 2.74 bits per heavy atom. The van der Waals surface area contributed by atoms with Gasteiger partial charge >= 0.3 is 5.97 Å². The molecule has 1 heterocycles. The van der Waals surface area contributed by atoms with Crippen LogP contribution in [0.25, 0.3) is 11.0 Å². The number of halogens is 1. The maximum Gasteiger partial charge on any atom is 0.310 e. The summed E-state index contributed by atoms with van der Waals surface area (Å²) in [7, 11) is 0. The van der Waals surface area contributed by atoms with Gasteiger partial charge in [0, 0.05) is 18.9 Å². The Morgan fingerprint density at radius 2 is 2.05 bits per heavy atom. The standard InChI is InChI=1S/C13H14BrN3O2/c1-13(2,12(18)19)7-17-8-3-4-9-11(10(8)14)16-6-5-15-9/h3-6,17H,7H2,1-2H3,(H,18,19). The molecule has 0 unspecified atom stereocenters. The van der Waals surface area contributed by atoms with Gasteiger partial charge in [-0.25, -0.2) is 0 Å². The van der Waals surface area contributed by atoms with E-state index in [1.54, 1.807) is 26.2 Å². The Hall–Kier alpha value is -1.69. The smallest absolute Gasteiger partial charge is 0.310 e. The van der Waals surface area contributed by atoms with Gasteiger partial charge in [-0.15, -0.1) is 0 Å². The van der Waals surface area contributed by atoms with Crippen LogP contribution in [-0.2, 0) is 4.79 Å². The first-order chi connectivity index (χ1) is 8.92. The van der Waals surface area contributed by atoms with E-state index in [9.17, 15) is 4.79 Å². The first-order valence-electron chi connectivity index (χ1n) is 5.78. The molecule has 0 atom stereocenters. The fourth-order valence-corrected chi connectivity index (χ4v) is 2.11. The summed E-state index contributed by atoms with van der Waals surface area (Å²) in [6.07, 6.45) is 3.26. The highest BCUT2D eigenvalue weighted by atomic mass is 79.9. The maximum atomic E-state index is 11.1. The number of rotatable bonds is 4. The molecule has 0 fully saturated rings. The van der Waals surface area contributed by atoms with Gasteiger partial charge in [0.25, 0.3) is 0 Å². The average molecular weight is 324 g/mol. The summed E-state index contributed by atoms with van der Waals surface area (Å²) < 4.78 is 0.791. The van der Waals surface area contributed by atoms with Crippen molar-refractivity contribution in [2.75, 3.05) is 11.9 Å². The number of aliphatic carboxylic acids is 1. The lowest BCUT2D eigenvalue weighted by atomic mass is 9.94. The number of nitrogens with one attached hydrogen (secondary N) is 1. The van der Waals surface area contributed by atoms with Gasteiger partial charge in [-0.2, -0.15) is 0 Å². The molecule has 6 heteroatoms. The van der Waals surface area contributed by atoms with Gasteiger partial charge in [0.05, 0.1) is 21.1 Å². The summed E-state index contributed by atoms with van der Waals surface area (Å²) in [4.78, 5) is 19.5. The van der Waals surface area contributed by atoms with Gasteiger partial charge in [0.2, 0.25) is 0 Å². The Labute approximate surface area is 119 Å². The Morgan fingerprint density at radius 1 is 1.37 bits per heavy atom. The largest absolute Gasteiger partial charge is 0.481 e. The highest BCUT2D eigenvalue weighted by Crippen LogP contribution is 2.30. The fourth-order valence-electron chi connectivity index (χ4n) is 1.53. The van der Waals surface area contributed by atoms with Crippen molar-refractivity contribution in [3.63, 3.8) is 0 Å². The van der Waals surface area contributed by atoms with Crippen molar-refractivity contribution in [1.82, 2.24) is 9.97 Å². The number of hydrogen-bond acceptors (Lipinski definition) is 4. The minimum absolute atomic E-state index is 0.326. The number of carboxylic acid groups (broad SMARTS) is 1. The molecule has 100 valence electrons. The van der Waals surface area contributed by atoms with E-state index in [1.807, 2.05) is 12.1 Å². The van der Waals surface area contributed by atoms with E-state index < -0.39 is 11.4 Å². The van der Waals surface area contributed by atoms with Gasteiger partial charge in [0.15, 0.2) is 0 Å². The summed E-state index contributed by atoms with van der Waals surface area (Å²) >= 11 is 3.47. The molecule has 19 heavy (non-hydrogen) atoms. The number of carboxylic acids is 1. The van der Waals surface area contributed by atoms with E-state index in [2.05, 4.69) is 31.2 Å². The first-order valence-corrected chi connectivity index (χ1v) is 6.57. The quantitative estimate of drug-likeness (QED) is 0.904. The van der Waals surface area contributed by atoms with Gasteiger partial charge in [-0.1, -0.05) is 0 Å². The molecule has 0 aliphatic carbocycles. The predicted octanol–water partition coefficient (Wildman–Crippen LogP) is 2.92. The third kappa shape index (κ3) is 2.84. The van der Waals surface area contributed by atoms with Crippen LogP contribution in [0, 0.1) is 5.41 Å². The normalized spacial score (nSPS) is 11.5. The van der Waals surface area contributed by atoms with Crippen LogP contribution in [0.4, 0.5) is 5.69 Å². The SMILES string of the molecule is CC(C)(CNc1ccc2nccnc2c1Br)C(=O)O. The number of hydrogen-bond donors (Lipinski definition) is 2. The van der Waals surface area contributed by atoms with Crippen LogP contribution in [0.3, 0.4) is 0 Å². The molecule has 0 spiro atoms. The molecule has 0 aliphatic heterocycles. The van der Waals surface area contributed by atoms with Gasteiger partial charge in [-0.05, 0) is 41.9 Å². The van der Waals surface area contributed by atoms with Gasteiger partial charge in [-0.3, -0.25) is 14.8 Å². The third-order valence-electron chi connectivity index (χ3n) is 2.88. The molecule has 0 bridgehead atoms. The molecule has 5 nitrogen and oxygen atoms in total. The van der Waals surface area contributed by atoms with Crippen molar-refractivity contribution in [1.29, 1.82) is 0 Å². The average Bonchev–Trinajstić information content (AvgIpc) is 2.38. The van der Waals surface area contributed by atoms with Crippen LogP contribution in [0.2, 0.25) is 0 Å². The van der Waals surface area contributed by atoms with Crippen molar-refractivity contribution in [3.05, 3.63) is 29.0 Å². The van der Waals surface area contributed by atoms with E-state index in [-0.39, 0.29) is 0 Å². The minimum atomic E-state index is -0.837. The lowest BCUT2D eigenvalue weighted by molar-refractivity contribution is -0.146. The lowest BCUT2D eigenvalue weighted by Crippen LogP contribution is -2.31. The Kier molecular flexibility index (Phi) is 3.71. The van der Waals surface area contributed by atoms with E-state index in [4.69, 9.17) is 5.11 Å². The zero-order valence-electron chi connectivity index (χ0n) is 10.6. The number of anilines is 1. The monoisotopic (exact) mass is 323 g/mol. The maximum absolute atomic E-state index is 11.1. The Balaban J connectivity index is 2.27. The fraction of sp³-hybridized carbons (Fsp3) is 0.308. The summed E-state index contributed by atoms with van der Waals surface area (Å²) in [5, 5.41) is 12.2. The van der Waals surface area contributed by atoms with Crippen molar-refractivity contribution in [2.24, 2.45) is 5.41 Å².